The van der Waals surface area contributed by atoms with E-state index in [4.69, 9.17) is 26.2 Å². The highest BCUT2D eigenvalue weighted by Gasteiger charge is 2.05. The van der Waals surface area contributed by atoms with E-state index in [1.54, 1.807) is 24.4 Å². The van der Waals surface area contributed by atoms with Gasteiger partial charge in [0.05, 0.1) is 17.3 Å². The van der Waals surface area contributed by atoms with Gasteiger partial charge >= 0.3 is 5.97 Å². The number of aliphatic imine (C=N–C) groups is 1. The fourth-order valence-electron chi connectivity index (χ4n) is 1.82. The molecule has 0 aliphatic carbocycles. The standard InChI is InChI=1S/C17H16ClNO4/c1-2-22-14-5-3-4-13(9-14)19-10-12-6-7-16(15(18)8-12)23-11-17(20)21/h3-10H,2,11H2,1H3,(H,20,21). The summed E-state index contributed by atoms with van der Waals surface area (Å²) in [6.07, 6.45) is 1.66. The lowest BCUT2D eigenvalue weighted by atomic mass is 10.2. The monoisotopic (exact) mass is 333 g/mol. The van der Waals surface area contributed by atoms with E-state index in [0.717, 1.165) is 17.0 Å². The molecule has 1 N–H and O–H groups in total. The summed E-state index contributed by atoms with van der Waals surface area (Å²) >= 11 is 6.06. The Bertz CT molecular complexity index is 715. The molecule has 2 aromatic carbocycles. The van der Waals surface area contributed by atoms with Gasteiger partial charge in [-0.05, 0) is 42.8 Å². The Labute approximate surface area is 139 Å². The molecule has 2 aromatic rings. The van der Waals surface area contributed by atoms with Crippen molar-refractivity contribution in [3.05, 3.63) is 53.1 Å². The molecule has 0 aliphatic heterocycles. The molecule has 0 saturated heterocycles. The second-order valence-electron chi connectivity index (χ2n) is 4.56. The second kappa shape index (κ2) is 8.19. The topological polar surface area (TPSA) is 68.1 Å². The predicted octanol–water partition coefficient (Wildman–Crippen LogP) is 3.95. The van der Waals surface area contributed by atoms with Gasteiger partial charge in [0.2, 0.25) is 0 Å². The molecule has 6 heteroatoms. The Morgan fingerprint density at radius 2 is 2.09 bits per heavy atom. The molecule has 0 bridgehead atoms. The molecule has 0 spiro atoms. The van der Waals surface area contributed by atoms with Crippen LogP contribution in [-0.2, 0) is 4.79 Å². The van der Waals surface area contributed by atoms with Crippen LogP contribution in [0.4, 0.5) is 5.69 Å². The number of benzene rings is 2. The van der Waals surface area contributed by atoms with Crippen molar-refractivity contribution < 1.29 is 19.4 Å². The minimum Gasteiger partial charge on any atom is -0.494 e. The van der Waals surface area contributed by atoms with Crippen LogP contribution in [0, 0.1) is 0 Å². The molecule has 0 saturated carbocycles. The van der Waals surface area contributed by atoms with Gasteiger partial charge in [-0.15, -0.1) is 0 Å². The van der Waals surface area contributed by atoms with Gasteiger partial charge in [-0.3, -0.25) is 4.99 Å². The first-order chi connectivity index (χ1) is 11.1. The molecule has 0 heterocycles. The normalized spacial score (nSPS) is 10.7. The molecule has 0 aliphatic rings. The lowest BCUT2D eigenvalue weighted by molar-refractivity contribution is -0.139. The van der Waals surface area contributed by atoms with E-state index in [1.165, 1.54) is 0 Å². The third-order valence-corrected chi connectivity index (χ3v) is 3.09. The third-order valence-electron chi connectivity index (χ3n) is 2.80. The summed E-state index contributed by atoms with van der Waals surface area (Å²) in [4.78, 5) is 14.9. The van der Waals surface area contributed by atoms with Crippen LogP contribution in [0.5, 0.6) is 11.5 Å². The van der Waals surface area contributed by atoms with Gasteiger partial charge in [-0.2, -0.15) is 0 Å². The minimum atomic E-state index is -1.05. The summed E-state index contributed by atoms with van der Waals surface area (Å²) in [5.41, 5.74) is 1.54. The first-order valence-corrected chi connectivity index (χ1v) is 7.37. The Morgan fingerprint density at radius 1 is 1.26 bits per heavy atom. The van der Waals surface area contributed by atoms with Crippen LogP contribution in [-0.4, -0.2) is 30.5 Å². The SMILES string of the molecule is CCOc1cccc(N=Cc2ccc(OCC(=O)O)c(Cl)c2)c1. The zero-order valence-corrected chi connectivity index (χ0v) is 13.3. The smallest absolute Gasteiger partial charge is 0.341 e. The maximum Gasteiger partial charge on any atom is 0.341 e. The van der Waals surface area contributed by atoms with Crippen molar-refractivity contribution >= 4 is 29.5 Å². The van der Waals surface area contributed by atoms with Crippen LogP contribution in [0.2, 0.25) is 5.02 Å². The van der Waals surface area contributed by atoms with Crippen LogP contribution in [0.25, 0.3) is 0 Å². The lowest BCUT2D eigenvalue weighted by Gasteiger charge is -2.06. The summed E-state index contributed by atoms with van der Waals surface area (Å²) in [7, 11) is 0. The number of hydrogen-bond donors (Lipinski definition) is 1. The molecule has 0 fully saturated rings. The quantitative estimate of drug-likeness (QED) is 0.779. The molecular weight excluding hydrogens is 318 g/mol. The molecular formula is C17H16ClNO4. The van der Waals surface area contributed by atoms with Crippen molar-refractivity contribution in [2.24, 2.45) is 4.99 Å². The zero-order chi connectivity index (χ0) is 16.7. The second-order valence-corrected chi connectivity index (χ2v) is 4.97. The van der Waals surface area contributed by atoms with Crippen LogP contribution >= 0.6 is 11.6 Å². The number of nitrogens with zero attached hydrogens (tertiary/aromatic N) is 1. The number of halogens is 1. The largest absolute Gasteiger partial charge is 0.494 e. The predicted molar refractivity (Wildman–Crippen MR) is 89.4 cm³/mol. The number of hydrogen-bond acceptors (Lipinski definition) is 4. The van der Waals surface area contributed by atoms with E-state index in [9.17, 15) is 4.79 Å². The Balaban J connectivity index is 2.09. The zero-order valence-electron chi connectivity index (χ0n) is 12.5. The first-order valence-electron chi connectivity index (χ1n) is 6.99. The van der Waals surface area contributed by atoms with Crippen molar-refractivity contribution in [1.82, 2.24) is 0 Å². The highest BCUT2D eigenvalue weighted by Crippen LogP contribution is 2.25. The van der Waals surface area contributed by atoms with Gasteiger partial charge in [-0.1, -0.05) is 17.7 Å². The Hall–Kier alpha value is -2.53. The van der Waals surface area contributed by atoms with E-state index in [0.29, 0.717) is 17.4 Å². The van der Waals surface area contributed by atoms with E-state index in [2.05, 4.69) is 4.99 Å². The number of carboxylic acid groups (broad SMARTS) is 1. The van der Waals surface area contributed by atoms with Gasteiger partial charge < -0.3 is 14.6 Å². The van der Waals surface area contributed by atoms with Crippen LogP contribution in [0.1, 0.15) is 12.5 Å². The molecule has 0 aromatic heterocycles. The van der Waals surface area contributed by atoms with E-state index < -0.39 is 12.6 Å². The summed E-state index contributed by atoms with van der Waals surface area (Å²) in [5.74, 6) is 0.0306. The summed E-state index contributed by atoms with van der Waals surface area (Å²) in [6, 6.07) is 12.5. The number of aliphatic carboxylic acids is 1. The van der Waals surface area contributed by atoms with Crippen molar-refractivity contribution in [2.45, 2.75) is 6.92 Å². The maximum absolute atomic E-state index is 10.5. The first kappa shape index (κ1) is 16.8. The molecule has 5 nitrogen and oxygen atoms in total. The fourth-order valence-corrected chi connectivity index (χ4v) is 2.07. The van der Waals surface area contributed by atoms with Crippen LogP contribution < -0.4 is 9.47 Å². The molecule has 2 rings (SSSR count). The van der Waals surface area contributed by atoms with E-state index in [-0.39, 0.29) is 0 Å². The fraction of sp³-hybridized carbons (Fsp3) is 0.176. The molecule has 0 amide bonds. The number of rotatable bonds is 7. The third kappa shape index (κ3) is 5.30. The van der Waals surface area contributed by atoms with Gasteiger partial charge in [0.1, 0.15) is 11.5 Å². The average molecular weight is 334 g/mol. The Morgan fingerprint density at radius 3 is 2.78 bits per heavy atom. The average Bonchev–Trinajstić information content (AvgIpc) is 2.52. The number of carboxylic acids is 1. The van der Waals surface area contributed by atoms with Crippen molar-refractivity contribution in [2.75, 3.05) is 13.2 Å². The summed E-state index contributed by atoms with van der Waals surface area (Å²) < 4.78 is 10.5. The molecule has 23 heavy (non-hydrogen) atoms. The minimum absolute atomic E-state index is 0.324. The highest BCUT2D eigenvalue weighted by molar-refractivity contribution is 6.32. The van der Waals surface area contributed by atoms with Gasteiger partial charge in [0.15, 0.2) is 6.61 Å². The van der Waals surface area contributed by atoms with Gasteiger partial charge in [-0.25, -0.2) is 4.79 Å². The van der Waals surface area contributed by atoms with Crippen LogP contribution in [0.15, 0.2) is 47.5 Å². The van der Waals surface area contributed by atoms with Crippen molar-refractivity contribution in [3.63, 3.8) is 0 Å². The van der Waals surface area contributed by atoms with Crippen molar-refractivity contribution in [1.29, 1.82) is 0 Å². The van der Waals surface area contributed by atoms with Gasteiger partial charge in [0, 0.05) is 12.3 Å². The van der Waals surface area contributed by atoms with E-state index in [1.807, 2.05) is 31.2 Å². The van der Waals surface area contributed by atoms with Crippen molar-refractivity contribution in [3.8, 4) is 11.5 Å². The number of carbonyl (C=O) groups is 1. The molecule has 0 unspecified atom stereocenters. The van der Waals surface area contributed by atoms with Crippen LogP contribution in [0.3, 0.4) is 0 Å². The molecule has 0 atom stereocenters. The van der Waals surface area contributed by atoms with Gasteiger partial charge in [0.25, 0.3) is 0 Å². The Kier molecular flexibility index (Phi) is 6.00. The van der Waals surface area contributed by atoms with E-state index >= 15 is 0 Å². The highest BCUT2D eigenvalue weighted by atomic mass is 35.5. The summed E-state index contributed by atoms with van der Waals surface area (Å²) in [5, 5.41) is 8.92. The maximum atomic E-state index is 10.5. The number of ether oxygens (including phenoxy) is 2. The molecule has 120 valence electrons. The lowest BCUT2D eigenvalue weighted by Crippen LogP contribution is -2.09. The summed E-state index contributed by atoms with van der Waals surface area (Å²) in [6.45, 7) is 2.09. The molecule has 0 radical (unpaired) electrons.